The van der Waals surface area contributed by atoms with E-state index in [0.717, 1.165) is 18.5 Å². The van der Waals surface area contributed by atoms with Crippen LogP contribution >= 0.6 is 0 Å². The van der Waals surface area contributed by atoms with Gasteiger partial charge in [-0.3, -0.25) is 4.79 Å². The summed E-state index contributed by atoms with van der Waals surface area (Å²) in [5, 5.41) is 0. The van der Waals surface area contributed by atoms with Crippen LogP contribution in [0.5, 0.6) is 0 Å². The van der Waals surface area contributed by atoms with Crippen molar-refractivity contribution in [2.24, 2.45) is 5.92 Å². The Morgan fingerprint density at radius 3 is 2.56 bits per heavy atom. The molecule has 2 atom stereocenters. The van der Waals surface area contributed by atoms with E-state index in [-0.39, 0.29) is 5.97 Å². The molecular formula is C14H20N2O2. The van der Waals surface area contributed by atoms with E-state index < -0.39 is 5.41 Å². The molecule has 1 aromatic rings. The summed E-state index contributed by atoms with van der Waals surface area (Å²) in [6.07, 6.45) is 0.849. The Hall–Kier alpha value is -1.55. The van der Waals surface area contributed by atoms with Crippen molar-refractivity contribution in [3.8, 4) is 0 Å². The fraction of sp³-hybridized carbons (Fsp3) is 0.500. The first-order valence-corrected chi connectivity index (χ1v) is 6.10. The monoisotopic (exact) mass is 248 g/mol. The van der Waals surface area contributed by atoms with Gasteiger partial charge in [0.25, 0.3) is 0 Å². The van der Waals surface area contributed by atoms with Gasteiger partial charge in [-0.05, 0) is 44.1 Å². The van der Waals surface area contributed by atoms with Crippen LogP contribution in [0.3, 0.4) is 0 Å². The van der Waals surface area contributed by atoms with Crippen LogP contribution in [0.1, 0.15) is 12.0 Å². The van der Waals surface area contributed by atoms with Gasteiger partial charge in [-0.25, -0.2) is 0 Å². The number of hydrogen-bond acceptors (Lipinski definition) is 4. The SMILES string of the molecule is COC(=O)C1(c2ccc(N)cc2)CC1CN(C)C. The lowest BCUT2D eigenvalue weighted by Gasteiger charge is -2.17. The minimum absolute atomic E-state index is 0.140. The number of nitrogen functional groups attached to an aromatic ring is 1. The summed E-state index contributed by atoms with van der Waals surface area (Å²) < 4.78 is 4.99. The topological polar surface area (TPSA) is 55.6 Å². The van der Waals surface area contributed by atoms with Crippen LogP contribution in [-0.4, -0.2) is 38.6 Å². The highest BCUT2D eigenvalue weighted by Gasteiger charge is 2.61. The number of benzene rings is 1. The normalized spacial score (nSPS) is 26.1. The van der Waals surface area contributed by atoms with Crippen molar-refractivity contribution < 1.29 is 9.53 Å². The van der Waals surface area contributed by atoms with Gasteiger partial charge < -0.3 is 15.4 Å². The lowest BCUT2D eigenvalue weighted by Crippen LogP contribution is -2.28. The molecule has 18 heavy (non-hydrogen) atoms. The second-order valence-corrected chi connectivity index (χ2v) is 5.25. The fourth-order valence-corrected chi connectivity index (χ4v) is 2.67. The maximum Gasteiger partial charge on any atom is 0.316 e. The number of esters is 1. The number of carbonyl (C=O) groups is 1. The van der Waals surface area contributed by atoms with Crippen LogP contribution in [0, 0.1) is 5.92 Å². The number of carbonyl (C=O) groups excluding carboxylic acids is 1. The first kappa shape index (κ1) is 12.9. The molecule has 0 amide bonds. The molecule has 0 aliphatic heterocycles. The zero-order valence-corrected chi connectivity index (χ0v) is 11.1. The number of nitrogens with two attached hydrogens (primary N) is 1. The average molecular weight is 248 g/mol. The molecule has 0 bridgehead atoms. The van der Waals surface area contributed by atoms with E-state index in [1.54, 1.807) is 0 Å². The number of anilines is 1. The molecule has 2 N–H and O–H groups in total. The van der Waals surface area contributed by atoms with Crippen LogP contribution in [-0.2, 0) is 14.9 Å². The van der Waals surface area contributed by atoms with Crippen molar-refractivity contribution in [3.63, 3.8) is 0 Å². The Kier molecular flexibility index (Phi) is 3.30. The molecule has 98 valence electrons. The highest BCUT2D eigenvalue weighted by molar-refractivity contribution is 5.87. The van der Waals surface area contributed by atoms with Crippen molar-refractivity contribution in [1.82, 2.24) is 4.90 Å². The molecular weight excluding hydrogens is 228 g/mol. The van der Waals surface area contributed by atoms with Gasteiger partial charge in [0.05, 0.1) is 12.5 Å². The lowest BCUT2D eigenvalue weighted by molar-refractivity contribution is -0.144. The first-order chi connectivity index (χ1) is 8.50. The summed E-state index contributed by atoms with van der Waals surface area (Å²) in [6, 6.07) is 7.54. The van der Waals surface area contributed by atoms with Gasteiger partial charge in [-0.2, -0.15) is 0 Å². The summed E-state index contributed by atoms with van der Waals surface area (Å²) in [5.41, 5.74) is 6.95. The maximum atomic E-state index is 12.1. The largest absolute Gasteiger partial charge is 0.468 e. The quantitative estimate of drug-likeness (QED) is 0.644. The summed E-state index contributed by atoms with van der Waals surface area (Å²) in [5.74, 6) is 0.183. The van der Waals surface area contributed by atoms with E-state index in [0.29, 0.717) is 11.6 Å². The molecule has 1 aliphatic carbocycles. The van der Waals surface area contributed by atoms with E-state index in [2.05, 4.69) is 4.90 Å². The van der Waals surface area contributed by atoms with Gasteiger partial charge in [0, 0.05) is 12.2 Å². The third-order valence-corrected chi connectivity index (χ3v) is 3.67. The van der Waals surface area contributed by atoms with Gasteiger partial charge in [-0.15, -0.1) is 0 Å². The van der Waals surface area contributed by atoms with Crippen LogP contribution in [0.2, 0.25) is 0 Å². The van der Waals surface area contributed by atoms with Gasteiger partial charge >= 0.3 is 5.97 Å². The number of nitrogens with zero attached hydrogens (tertiary/aromatic N) is 1. The first-order valence-electron chi connectivity index (χ1n) is 6.10. The summed E-state index contributed by atoms with van der Waals surface area (Å²) >= 11 is 0. The van der Waals surface area contributed by atoms with E-state index in [9.17, 15) is 4.79 Å². The Bertz CT molecular complexity index is 442. The Morgan fingerprint density at radius 2 is 2.06 bits per heavy atom. The molecule has 0 spiro atoms. The molecule has 2 unspecified atom stereocenters. The molecule has 1 aromatic carbocycles. The number of hydrogen-bond donors (Lipinski definition) is 1. The third-order valence-electron chi connectivity index (χ3n) is 3.67. The Balaban J connectivity index is 2.28. The maximum absolute atomic E-state index is 12.1. The van der Waals surface area contributed by atoms with Gasteiger partial charge in [0.1, 0.15) is 0 Å². The highest BCUT2D eigenvalue weighted by atomic mass is 16.5. The van der Waals surface area contributed by atoms with E-state index >= 15 is 0 Å². The molecule has 1 aliphatic rings. The van der Waals surface area contributed by atoms with Crippen molar-refractivity contribution in [2.75, 3.05) is 33.5 Å². The molecule has 4 heteroatoms. The molecule has 0 heterocycles. The summed E-state index contributed by atoms with van der Waals surface area (Å²) in [6.45, 7) is 0.888. The molecule has 1 fully saturated rings. The number of methoxy groups -OCH3 is 1. The van der Waals surface area contributed by atoms with Crippen LogP contribution in [0.4, 0.5) is 5.69 Å². The fourth-order valence-electron chi connectivity index (χ4n) is 2.67. The second-order valence-electron chi connectivity index (χ2n) is 5.25. The standard InChI is InChI=1S/C14H20N2O2/c1-16(2)9-11-8-14(11,13(17)18-3)10-4-6-12(15)7-5-10/h4-7,11H,8-9,15H2,1-3H3. The summed E-state index contributed by atoms with van der Waals surface area (Å²) in [4.78, 5) is 14.2. The van der Waals surface area contributed by atoms with Crippen LogP contribution in [0.15, 0.2) is 24.3 Å². The van der Waals surface area contributed by atoms with Crippen molar-refractivity contribution >= 4 is 11.7 Å². The Morgan fingerprint density at radius 1 is 1.44 bits per heavy atom. The van der Waals surface area contributed by atoms with Crippen LogP contribution in [0.25, 0.3) is 0 Å². The van der Waals surface area contributed by atoms with Crippen molar-refractivity contribution in [3.05, 3.63) is 29.8 Å². The number of ether oxygens (including phenoxy) is 1. The van der Waals surface area contributed by atoms with Gasteiger partial charge in [0.2, 0.25) is 0 Å². The van der Waals surface area contributed by atoms with Crippen LogP contribution < -0.4 is 5.73 Å². The average Bonchev–Trinajstić information content (AvgIpc) is 3.03. The lowest BCUT2D eigenvalue weighted by atomic mass is 9.93. The summed E-state index contributed by atoms with van der Waals surface area (Å²) in [7, 11) is 5.49. The predicted molar refractivity (Wildman–Crippen MR) is 71.2 cm³/mol. The minimum atomic E-state index is -0.466. The smallest absolute Gasteiger partial charge is 0.316 e. The molecule has 0 aromatic heterocycles. The molecule has 2 rings (SSSR count). The molecule has 0 saturated heterocycles. The van der Waals surface area contributed by atoms with E-state index in [1.165, 1.54) is 7.11 Å². The predicted octanol–water partition coefficient (Wildman–Crippen LogP) is 1.26. The molecule has 1 saturated carbocycles. The van der Waals surface area contributed by atoms with Gasteiger partial charge in [0.15, 0.2) is 0 Å². The molecule has 4 nitrogen and oxygen atoms in total. The van der Waals surface area contributed by atoms with E-state index in [4.69, 9.17) is 10.5 Å². The highest BCUT2D eigenvalue weighted by Crippen LogP contribution is 2.55. The zero-order valence-electron chi connectivity index (χ0n) is 11.1. The number of rotatable bonds is 4. The van der Waals surface area contributed by atoms with Gasteiger partial charge in [-0.1, -0.05) is 12.1 Å². The Labute approximate surface area is 108 Å². The zero-order chi connectivity index (χ0) is 13.3. The molecule has 0 radical (unpaired) electrons. The minimum Gasteiger partial charge on any atom is -0.468 e. The third kappa shape index (κ3) is 2.08. The van der Waals surface area contributed by atoms with Crippen molar-refractivity contribution in [2.45, 2.75) is 11.8 Å². The second kappa shape index (κ2) is 4.61. The van der Waals surface area contributed by atoms with Crippen molar-refractivity contribution in [1.29, 1.82) is 0 Å². The van der Waals surface area contributed by atoms with E-state index in [1.807, 2.05) is 38.4 Å².